The van der Waals surface area contributed by atoms with Crippen LogP contribution in [0.1, 0.15) is 46.5 Å². The SMILES string of the molecule is CCC(C)CC1CC(CC)C1(OC)OC. The molecule has 0 aromatic rings. The van der Waals surface area contributed by atoms with Gasteiger partial charge in [-0.2, -0.15) is 0 Å². The largest absolute Gasteiger partial charge is 0.353 e. The quantitative estimate of drug-likeness (QED) is 0.630. The van der Waals surface area contributed by atoms with Gasteiger partial charge >= 0.3 is 0 Å². The van der Waals surface area contributed by atoms with E-state index in [0.717, 1.165) is 12.3 Å². The first kappa shape index (κ1) is 13.0. The van der Waals surface area contributed by atoms with Crippen molar-refractivity contribution in [2.75, 3.05) is 14.2 Å². The monoisotopic (exact) mass is 214 g/mol. The second-order valence-corrected chi connectivity index (χ2v) is 4.92. The van der Waals surface area contributed by atoms with E-state index in [1.807, 2.05) is 0 Å². The summed E-state index contributed by atoms with van der Waals surface area (Å²) in [4.78, 5) is 0. The van der Waals surface area contributed by atoms with Crippen LogP contribution in [-0.4, -0.2) is 20.0 Å². The molecule has 1 rings (SSSR count). The van der Waals surface area contributed by atoms with Crippen molar-refractivity contribution in [3.8, 4) is 0 Å². The van der Waals surface area contributed by atoms with Gasteiger partial charge in [0.1, 0.15) is 0 Å². The lowest BCUT2D eigenvalue weighted by Gasteiger charge is -2.54. The highest BCUT2D eigenvalue weighted by Gasteiger charge is 2.55. The van der Waals surface area contributed by atoms with Gasteiger partial charge < -0.3 is 9.47 Å². The zero-order valence-electron chi connectivity index (χ0n) is 10.9. The summed E-state index contributed by atoms with van der Waals surface area (Å²) >= 11 is 0. The zero-order valence-corrected chi connectivity index (χ0v) is 10.9. The standard InChI is InChI=1S/C13H26O2/c1-6-10(3)8-12-9-11(7-2)13(12,14-4)15-5/h10-12H,6-9H2,1-5H3. The Labute approximate surface area is 94.3 Å². The molecule has 0 N–H and O–H groups in total. The molecule has 1 saturated carbocycles. The van der Waals surface area contributed by atoms with Gasteiger partial charge in [-0.05, 0) is 25.2 Å². The van der Waals surface area contributed by atoms with Crippen LogP contribution in [0.4, 0.5) is 0 Å². The minimum atomic E-state index is -0.280. The van der Waals surface area contributed by atoms with Crippen molar-refractivity contribution >= 4 is 0 Å². The summed E-state index contributed by atoms with van der Waals surface area (Å²) in [6.07, 6.45) is 4.90. The smallest absolute Gasteiger partial charge is 0.173 e. The van der Waals surface area contributed by atoms with E-state index in [-0.39, 0.29) is 5.79 Å². The Morgan fingerprint density at radius 1 is 1.20 bits per heavy atom. The molecule has 1 aliphatic carbocycles. The van der Waals surface area contributed by atoms with E-state index >= 15 is 0 Å². The van der Waals surface area contributed by atoms with E-state index in [0.29, 0.717) is 11.8 Å². The molecule has 1 fully saturated rings. The Morgan fingerprint density at radius 2 is 1.80 bits per heavy atom. The van der Waals surface area contributed by atoms with E-state index < -0.39 is 0 Å². The molecule has 2 nitrogen and oxygen atoms in total. The van der Waals surface area contributed by atoms with E-state index in [9.17, 15) is 0 Å². The topological polar surface area (TPSA) is 18.5 Å². The summed E-state index contributed by atoms with van der Waals surface area (Å²) in [5.74, 6) is 1.67. The molecule has 0 heterocycles. The summed E-state index contributed by atoms with van der Waals surface area (Å²) in [5.41, 5.74) is 0. The molecular weight excluding hydrogens is 188 g/mol. The number of ether oxygens (including phenoxy) is 2. The zero-order chi connectivity index (χ0) is 11.5. The highest BCUT2D eigenvalue weighted by atomic mass is 16.7. The van der Waals surface area contributed by atoms with Crippen LogP contribution in [0.2, 0.25) is 0 Å². The third-order valence-electron chi connectivity index (χ3n) is 4.22. The lowest BCUT2D eigenvalue weighted by atomic mass is 9.64. The molecule has 0 radical (unpaired) electrons. The van der Waals surface area contributed by atoms with Crippen molar-refractivity contribution < 1.29 is 9.47 Å². The molecule has 0 bridgehead atoms. The Balaban J connectivity index is 2.60. The van der Waals surface area contributed by atoms with Crippen LogP contribution >= 0.6 is 0 Å². The first-order valence-corrected chi connectivity index (χ1v) is 6.24. The van der Waals surface area contributed by atoms with E-state index in [1.165, 1.54) is 19.3 Å². The van der Waals surface area contributed by atoms with Crippen LogP contribution in [0.3, 0.4) is 0 Å². The normalized spacial score (nSPS) is 31.0. The maximum atomic E-state index is 5.66. The fourth-order valence-electron chi connectivity index (χ4n) is 2.96. The molecule has 2 heteroatoms. The van der Waals surface area contributed by atoms with E-state index in [4.69, 9.17) is 9.47 Å². The first-order chi connectivity index (χ1) is 7.14. The first-order valence-electron chi connectivity index (χ1n) is 6.24. The second-order valence-electron chi connectivity index (χ2n) is 4.92. The lowest BCUT2D eigenvalue weighted by Crippen LogP contribution is -2.58. The number of methoxy groups -OCH3 is 2. The third kappa shape index (κ3) is 2.21. The van der Waals surface area contributed by atoms with Gasteiger partial charge in [-0.1, -0.05) is 27.2 Å². The van der Waals surface area contributed by atoms with Crippen LogP contribution in [-0.2, 0) is 9.47 Å². The molecule has 0 aromatic heterocycles. The van der Waals surface area contributed by atoms with Gasteiger partial charge in [-0.3, -0.25) is 0 Å². The van der Waals surface area contributed by atoms with Gasteiger partial charge in [0.25, 0.3) is 0 Å². The lowest BCUT2D eigenvalue weighted by molar-refractivity contribution is -0.326. The van der Waals surface area contributed by atoms with Crippen LogP contribution in [0, 0.1) is 17.8 Å². The molecule has 1 aliphatic rings. The van der Waals surface area contributed by atoms with Gasteiger partial charge in [0.15, 0.2) is 5.79 Å². The Bertz CT molecular complexity index is 187. The number of rotatable bonds is 6. The summed E-state index contributed by atoms with van der Waals surface area (Å²) in [6.45, 7) is 6.79. The fourth-order valence-corrected chi connectivity index (χ4v) is 2.96. The summed E-state index contributed by atoms with van der Waals surface area (Å²) in [6, 6.07) is 0. The van der Waals surface area contributed by atoms with Crippen LogP contribution < -0.4 is 0 Å². The van der Waals surface area contributed by atoms with E-state index in [2.05, 4.69) is 20.8 Å². The number of hydrogen-bond donors (Lipinski definition) is 0. The predicted octanol–water partition coefficient (Wildman–Crippen LogP) is 3.46. The molecule has 3 unspecified atom stereocenters. The van der Waals surface area contributed by atoms with Crippen molar-refractivity contribution in [2.24, 2.45) is 17.8 Å². The van der Waals surface area contributed by atoms with Gasteiger partial charge in [0.2, 0.25) is 0 Å². The summed E-state index contributed by atoms with van der Waals surface area (Å²) in [5, 5.41) is 0. The minimum Gasteiger partial charge on any atom is -0.353 e. The van der Waals surface area contributed by atoms with Gasteiger partial charge in [0, 0.05) is 26.1 Å². The second kappa shape index (κ2) is 5.31. The van der Waals surface area contributed by atoms with Crippen molar-refractivity contribution in [1.82, 2.24) is 0 Å². The van der Waals surface area contributed by atoms with E-state index in [1.54, 1.807) is 14.2 Å². The van der Waals surface area contributed by atoms with Crippen molar-refractivity contribution in [2.45, 2.75) is 52.2 Å². The average Bonchev–Trinajstić information content (AvgIpc) is 2.25. The molecule has 15 heavy (non-hydrogen) atoms. The molecular formula is C13H26O2. The molecule has 0 aromatic carbocycles. The van der Waals surface area contributed by atoms with Crippen LogP contribution in [0.5, 0.6) is 0 Å². The molecule has 0 saturated heterocycles. The molecule has 3 atom stereocenters. The maximum Gasteiger partial charge on any atom is 0.173 e. The Hall–Kier alpha value is -0.0800. The molecule has 90 valence electrons. The third-order valence-corrected chi connectivity index (χ3v) is 4.22. The van der Waals surface area contributed by atoms with Crippen molar-refractivity contribution in [3.63, 3.8) is 0 Å². The average molecular weight is 214 g/mol. The van der Waals surface area contributed by atoms with Gasteiger partial charge in [0.05, 0.1) is 0 Å². The van der Waals surface area contributed by atoms with Crippen molar-refractivity contribution in [3.05, 3.63) is 0 Å². The predicted molar refractivity (Wildman–Crippen MR) is 62.7 cm³/mol. The molecule has 0 aliphatic heterocycles. The summed E-state index contributed by atoms with van der Waals surface area (Å²) < 4.78 is 11.3. The fraction of sp³-hybridized carbons (Fsp3) is 1.00. The molecule has 0 amide bonds. The van der Waals surface area contributed by atoms with Gasteiger partial charge in [-0.15, -0.1) is 0 Å². The van der Waals surface area contributed by atoms with Gasteiger partial charge in [-0.25, -0.2) is 0 Å². The maximum absolute atomic E-state index is 5.66. The Kier molecular flexibility index (Phi) is 4.60. The summed E-state index contributed by atoms with van der Waals surface area (Å²) in [7, 11) is 3.57. The molecule has 0 spiro atoms. The van der Waals surface area contributed by atoms with Crippen LogP contribution in [0.25, 0.3) is 0 Å². The Morgan fingerprint density at radius 3 is 2.20 bits per heavy atom. The number of hydrogen-bond acceptors (Lipinski definition) is 2. The minimum absolute atomic E-state index is 0.280. The highest BCUT2D eigenvalue weighted by molar-refractivity contribution is 4.97. The van der Waals surface area contributed by atoms with Crippen molar-refractivity contribution in [1.29, 1.82) is 0 Å². The highest BCUT2D eigenvalue weighted by Crippen LogP contribution is 2.51. The van der Waals surface area contributed by atoms with Crippen LogP contribution in [0.15, 0.2) is 0 Å².